The molecule has 35 heavy (non-hydrogen) atoms. The van der Waals surface area contributed by atoms with Crippen LogP contribution in [0.25, 0.3) is 0 Å². The van der Waals surface area contributed by atoms with Gasteiger partial charge in [-0.05, 0) is 60.5 Å². The highest BCUT2D eigenvalue weighted by Crippen LogP contribution is 2.34. The molecule has 7 heteroatoms. The van der Waals surface area contributed by atoms with Gasteiger partial charge < -0.3 is 19.3 Å². The van der Waals surface area contributed by atoms with Crippen LogP contribution in [0.4, 0.5) is 0 Å². The Labute approximate surface area is 210 Å². The summed E-state index contributed by atoms with van der Waals surface area (Å²) in [7, 11) is 0. The summed E-state index contributed by atoms with van der Waals surface area (Å²) in [4.78, 5) is 31.9. The normalized spacial score (nSPS) is 19.3. The van der Waals surface area contributed by atoms with Gasteiger partial charge in [0.1, 0.15) is 18.9 Å². The van der Waals surface area contributed by atoms with E-state index in [-0.39, 0.29) is 30.5 Å². The Balaban J connectivity index is 1.34. The van der Waals surface area contributed by atoms with E-state index in [1.165, 1.54) is 4.88 Å². The van der Waals surface area contributed by atoms with Gasteiger partial charge in [-0.15, -0.1) is 11.3 Å². The van der Waals surface area contributed by atoms with Crippen molar-refractivity contribution in [2.24, 2.45) is 0 Å². The summed E-state index contributed by atoms with van der Waals surface area (Å²) < 4.78 is 11.9. The summed E-state index contributed by atoms with van der Waals surface area (Å²) in [5.41, 5.74) is 1.73. The molecule has 2 atom stereocenters. The van der Waals surface area contributed by atoms with Gasteiger partial charge in [0, 0.05) is 30.1 Å². The lowest BCUT2D eigenvalue weighted by molar-refractivity contribution is -0.135. The monoisotopic (exact) mass is 490 g/mol. The van der Waals surface area contributed by atoms with Gasteiger partial charge in [-0.2, -0.15) is 0 Å². The van der Waals surface area contributed by atoms with E-state index in [0.29, 0.717) is 31.9 Å². The van der Waals surface area contributed by atoms with Gasteiger partial charge in [-0.25, -0.2) is 0 Å². The van der Waals surface area contributed by atoms with Crippen molar-refractivity contribution in [3.63, 3.8) is 0 Å². The second kappa shape index (κ2) is 11.1. The summed E-state index contributed by atoms with van der Waals surface area (Å²) in [5, 5.41) is 2.08. The van der Waals surface area contributed by atoms with Gasteiger partial charge in [0.2, 0.25) is 5.91 Å². The molecule has 2 amide bonds. The lowest BCUT2D eigenvalue weighted by Gasteiger charge is -2.37. The predicted molar refractivity (Wildman–Crippen MR) is 136 cm³/mol. The quantitative estimate of drug-likeness (QED) is 0.464. The lowest BCUT2D eigenvalue weighted by Crippen LogP contribution is -2.49. The van der Waals surface area contributed by atoms with Crippen LogP contribution in [0, 0.1) is 0 Å². The summed E-state index contributed by atoms with van der Waals surface area (Å²) in [6.45, 7) is 2.13. The average Bonchev–Trinajstić information content (AvgIpc) is 3.60. The van der Waals surface area contributed by atoms with Gasteiger partial charge >= 0.3 is 0 Å². The molecule has 0 radical (unpaired) electrons. The van der Waals surface area contributed by atoms with Crippen LogP contribution in [0.1, 0.15) is 39.7 Å². The number of fused-ring (bicyclic) bond motifs is 1. The van der Waals surface area contributed by atoms with Gasteiger partial charge in [0.25, 0.3) is 5.91 Å². The molecule has 5 rings (SSSR count). The Kier molecular flexibility index (Phi) is 7.45. The number of rotatable bonds is 8. The van der Waals surface area contributed by atoms with Crippen LogP contribution >= 0.6 is 11.3 Å². The van der Waals surface area contributed by atoms with Gasteiger partial charge in [-0.1, -0.05) is 36.4 Å². The average molecular weight is 491 g/mol. The van der Waals surface area contributed by atoms with Crippen molar-refractivity contribution in [3.8, 4) is 5.75 Å². The van der Waals surface area contributed by atoms with Crippen molar-refractivity contribution in [2.45, 2.75) is 31.4 Å². The molecule has 0 aliphatic carbocycles. The molecule has 6 nitrogen and oxygen atoms in total. The highest BCUT2D eigenvalue weighted by Gasteiger charge is 2.34. The van der Waals surface area contributed by atoms with E-state index in [0.717, 1.165) is 30.6 Å². The molecule has 1 fully saturated rings. The number of para-hydroxylation sites is 1. The standard InChI is InChI=1S/C28H30N2O4S/c31-27(19-29(18-23-12-7-16-33-23)28(32)21-8-3-1-4-9-21)30-15-13-26-24(14-17-35-26)25(30)20-34-22-10-5-2-6-11-22/h1-6,8-11,14,17,23,25H,7,12-13,15-16,18-20H2/t23-,25+/m0/s1. The van der Waals surface area contributed by atoms with E-state index >= 15 is 0 Å². The summed E-state index contributed by atoms with van der Waals surface area (Å²) >= 11 is 1.73. The van der Waals surface area contributed by atoms with E-state index in [1.807, 2.05) is 53.4 Å². The van der Waals surface area contributed by atoms with Crippen LogP contribution in [0.5, 0.6) is 5.75 Å². The molecule has 0 unspecified atom stereocenters. The number of carbonyl (C=O) groups is 2. The fraction of sp³-hybridized carbons (Fsp3) is 0.357. The molecule has 3 heterocycles. The molecule has 0 bridgehead atoms. The van der Waals surface area contributed by atoms with Crippen molar-refractivity contribution < 1.29 is 19.1 Å². The maximum Gasteiger partial charge on any atom is 0.254 e. The Bertz CT molecular complexity index is 1130. The minimum absolute atomic E-state index is 0.0227. The fourth-order valence-corrected chi connectivity index (χ4v) is 5.77. The maximum atomic E-state index is 13.7. The van der Waals surface area contributed by atoms with Crippen molar-refractivity contribution in [2.75, 3.05) is 32.8 Å². The van der Waals surface area contributed by atoms with Crippen LogP contribution in [-0.2, 0) is 16.0 Å². The SMILES string of the molecule is O=C(c1ccccc1)N(CC(=O)N1CCc2sccc2[C@H]1COc1ccccc1)C[C@@H]1CCCO1. The maximum absolute atomic E-state index is 13.7. The second-order valence-corrected chi connectivity index (χ2v) is 9.96. The first kappa shape index (κ1) is 23.6. The molecule has 1 aromatic heterocycles. The van der Waals surface area contributed by atoms with E-state index in [1.54, 1.807) is 28.4 Å². The molecule has 1 saturated heterocycles. The molecule has 2 aliphatic rings. The first-order chi connectivity index (χ1) is 17.2. The molecular weight excluding hydrogens is 460 g/mol. The lowest BCUT2D eigenvalue weighted by atomic mass is 10.00. The Morgan fingerprint density at radius 2 is 1.83 bits per heavy atom. The third-order valence-electron chi connectivity index (χ3n) is 6.65. The van der Waals surface area contributed by atoms with Gasteiger partial charge in [-0.3, -0.25) is 9.59 Å². The van der Waals surface area contributed by atoms with Crippen LogP contribution in [0.3, 0.4) is 0 Å². The number of carbonyl (C=O) groups excluding carboxylic acids is 2. The summed E-state index contributed by atoms with van der Waals surface area (Å²) in [6, 6.07) is 20.7. The van der Waals surface area contributed by atoms with E-state index in [9.17, 15) is 9.59 Å². The third-order valence-corrected chi connectivity index (χ3v) is 7.64. The number of benzene rings is 2. The van der Waals surface area contributed by atoms with Gasteiger partial charge in [0.15, 0.2) is 0 Å². The first-order valence-corrected chi connectivity index (χ1v) is 13.1. The number of hydrogen-bond donors (Lipinski definition) is 0. The Hall–Kier alpha value is -3.16. The zero-order chi connectivity index (χ0) is 24.0. The number of hydrogen-bond acceptors (Lipinski definition) is 5. The van der Waals surface area contributed by atoms with E-state index < -0.39 is 0 Å². The molecular formula is C28H30N2O4S. The summed E-state index contributed by atoms with van der Waals surface area (Å²) in [5.74, 6) is 0.576. The molecule has 182 valence electrons. The third kappa shape index (κ3) is 5.57. The van der Waals surface area contributed by atoms with E-state index in [4.69, 9.17) is 9.47 Å². The molecule has 2 aliphatic heterocycles. The van der Waals surface area contributed by atoms with Gasteiger partial charge in [0.05, 0.1) is 12.1 Å². The second-order valence-electron chi connectivity index (χ2n) is 8.96. The van der Waals surface area contributed by atoms with Crippen LogP contribution in [-0.4, -0.2) is 60.6 Å². The number of nitrogens with zero attached hydrogens (tertiary/aromatic N) is 2. The number of thiophene rings is 1. The highest BCUT2D eigenvalue weighted by atomic mass is 32.1. The number of amides is 2. The molecule has 3 aromatic rings. The molecule has 0 saturated carbocycles. The number of ether oxygens (including phenoxy) is 2. The van der Waals surface area contributed by atoms with Crippen LogP contribution < -0.4 is 4.74 Å². The van der Waals surface area contributed by atoms with Crippen molar-refractivity contribution in [1.82, 2.24) is 9.80 Å². The van der Waals surface area contributed by atoms with Crippen molar-refractivity contribution in [3.05, 3.63) is 88.1 Å². The smallest absolute Gasteiger partial charge is 0.254 e. The fourth-order valence-electron chi connectivity index (χ4n) is 4.84. The zero-order valence-corrected chi connectivity index (χ0v) is 20.5. The Morgan fingerprint density at radius 1 is 1.06 bits per heavy atom. The topological polar surface area (TPSA) is 59.1 Å². The first-order valence-electron chi connectivity index (χ1n) is 12.2. The molecule has 0 spiro atoms. The minimum Gasteiger partial charge on any atom is -0.491 e. The molecule has 2 aromatic carbocycles. The van der Waals surface area contributed by atoms with Crippen LogP contribution in [0.2, 0.25) is 0 Å². The predicted octanol–water partition coefficient (Wildman–Crippen LogP) is 4.57. The zero-order valence-electron chi connectivity index (χ0n) is 19.7. The van der Waals surface area contributed by atoms with Crippen molar-refractivity contribution >= 4 is 23.2 Å². The van der Waals surface area contributed by atoms with E-state index in [2.05, 4.69) is 11.4 Å². The van der Waals surface area contributed by atoms with Crippen molar-refractivity contribution in [1.29, 1.82) is 0 Å². The summed E-state index contributed by atoms with van der Waals surface area (Å²) in [6.07, 6.45) is 2.68. The minimum atomic E-state index is -0.186. The highest BCUT2D eigenvalue weighted by molar-refractivity contribution is 7.10. The van der Waals surface area contributed by atoms with Crippen LogP contribution in [0.15, 0.2) is 72.1 Å². The Morgan fingerprint density at radius 3 is 2.57 bits per heavy atom. The largest absolute Gasteiger partial charge is 0.491 e. The molecule has 0 N–H and O–H groups in total.